The highest BCUT2D eigenvalue weighted by molar-refractivity contribution is 5.85. The molecule has 0 bridgehead atoms. The first-order chi connectivity index (χ1) is 7.22. The molecule has 0 aliphatic carbocycles. The van der Waals surface area contributed by atoms with Gasteiger partial charge in [-0.1, -0.05) is 0 Å². The molecule has 4 nitrogen and oxygen atoms in total. The zero-order valence-electron chi connectivity index (χ0n) is 10.1. The van der Waals surface area contributed by atoms with Crippen LogP contribution in [0, 0.1) is 0 Å². The molecule has 2 N–H and O–H groups in total. The molecule has 0 spiro atoms. The number of methoxy groups -OCH3 is 1. The maximum atomic E-state index is 11.5. The van der Waals surface area contributed by atoms with E-state index < -0.39 is 0 Å². The number of hydrogen-bond acceptors (Lipinski definition) is 3. The van der Waals surface area contributed by atoms with Gasteiger partial charge in [0.2, 0.25) is 5.91 Å². The molecule has 1 aliphatic heterocycles. The lowest BCUT2D eigenvalue weighted by Gasteiger charge is -2.28. The van der Waals surface area contributed by atoms with Gasteiger partial charge in [0.05, 0.1) is 0 Å². The Morgan fingerprint density at radius 3 is 2.94 bits per heavy atom. The van der Waals surface area contributed by atoms with Crippen LogP contribution in [-0.2, 0) is 9.53 Å². The van der Waals surface area contributed by atoms with Gasteiger partial charge in [-0.2, -0.15) is 0 Å². The zero-order chi connectivity index (χ0) is 11.1. The SMILES string of the molecule is COCCCC(=O)NC1CCNC(C)C1.Cl. The Morgan fingerprint density at radius 2 is 2.31 bits per heavy atom. The number of piperidine rings is 1. The van der Waals surface area contributed by atoms with E-state index in [-0.39, 0.29) is 18.3 Å². The topological polar surface area (TPSA) is 50.4 Å². The lowest BCUT2D eigenvalue weighted by molar-refractivity contribution is -0.122. The van der Waals surface area contributed by atoms with E-state index in [4.69, 9.17) is 4.74 Å². The highest BCUT2D eigenvalue weighted by Gasteiger charge is 2.19. The summed E-state index contributed by atoms with van der Waals surface area (Å²) in [5.74, 6) is 0.158. The second-order valence-electron chi connectivity index (χ2n) is 4.24. The lowest BCUT2D eigenvalue weighted by atomic mass is 10.0. The van der Waals surface area contributed by atoms with Gasteiger partial charge in [0.1, 0.15) is 0 Å². The predicted octanol–water partition coefficient (Wildman–Crippen LogP) is 1.09. The Morgan fingerprint density at radius 1 is 1.56 bits per heavy atom. The van der Waals surface area contributed by atoms with Crippen molar-refractivity contribution >= 4 is 18.3 Å². The van der Waals surface area contributed by atoms with Crippen LogP contribution in [0.1, 0.15) is 32.6 Å². The van der Waals surface area contributed by atoms with Crippen LogP contribution in [0.3, 0.4) is 0 Å². The Hall–Kier alpha value is -0.320. The van der Waals surface area contributed by atoms with E-state index in [1.165, 1.54) is 0 Å². The molecule has 2 atom stereocenters. The smallest absolute Gasteiger partial charge is 0.220 e. The van der Waals surface area contributed by atoms with E-state index in [2.05, 4.69) is 17.6 Å². The van der Waals surface area contributed by atoms with Crippen LogP contribution in [-0.4, -0.2) is 38.3 Å². The first-order valence-electron chi connectivity index (χ1n) is 5.74. The summed E-state index contributed by atoms with van der Waals surface area (Å²) in [5, 5.41) is 6.44. The van der Waals surface area contributed by atoms with Gasteiger partial charge >= 0.3 is 0 Å². The van der Waals surface area contributed by atoms with Crippen molar-refractivity contribution in [2.45, 2.75) is 44.7 Å². The monoisotopic (exact) mass is 250 g/mol. The average Bonchev–Trinajstić information content (AvgIpc) is 2.18. The van der Waals surface area contributed by atoms with E-state index >= 15 is 0 Å². The number of halogens is 1. The van der Waals surface area contributed by atoms with E-state index in [1.54, 1.807) is 7.11 Å². The molecule has 5 heteroatoms. The predicted molar refractivity (Wildman–Crippen MR) is 67.0 cm³/mol. The second kappa shape index (κ2) is 8.79. The summed E-state index contributed by atoms with van der Waals surface area (Å²) in [6.45, 7) is 3.82. The van der Waals surface area contributed by atoms with Crippen LogP contribution in [0.25, 0.3) is 0 Å². The van der Waals surface area contributed by atoms with Crippen molar-refractivity contribution < 1.29 is 9.53 Å². The normalized spacial score (nSPS) is 24.6. The molecule has 0 saturated carbocycles. The van der Waals surface area contributed by atoms with Crippen LogP contribution in [0.2, 0.25) is 0 Å². The van der Waals surface area contributed by atoms with Crippen molar-refractivity contribution in [1.29, 1.82) is 0 Å². The average molecular weight is 251 g/mol. The van der Waals surface area contributed by atoms with E-state index in [9.17, 15) is 4.79 Å². The van der Waals surface area contributed by atoms with Crippen molar-refractivity contribution in [3.8, 4) is 0 Å². The van der Waals surface area contributed by atoms with Crippen LogP contribution < -0.4 is 10.6 Å². The Kier molecular flexibility index (Phi) is 8.61. The fourth-order valence-corrected chi connectivity index (χ4v) is 1.94. The fourth-order valence-electron chi connectivity index (χ4n) is 1.94. The molecule has 1 fully saturated rings. The number of rotatable bonds is 5. The van der Waals surface area contributed by atoms with Crippen LogP contribution >= 0.6 is 12.4 Å². The van der Waals surface area contributed by atoms with Crippen molar-refractivity contribution in [2.75, 3.05) is 20.3 Å². The molecule has 0 aromatic heterocycles. The molecule has 16 heavy (non-hydrogen) atoms. The maximum absolute atomic E-state index is 11.5. The third-order valence-electron chi connectivity index (χ3n) is 2.74. The van der Waals surface area contributed by atoms with Crippen molar-refractivity contribution in [3.63, 3.8) is 0 Å². The minimum absolute atomic E-state index is 0. The van der Waals surface area contributed by atoms with Crippen molar-refractivity contribution in [2.24, 2.45) is 0 Å². The summed E-state index contributed by atoms with van der Waals surface area (Å²) in [6.07, 6.45) is 3.46. The number of carbonyl (C=O) groups excluding carboxylic acids is 1. The molecule has 96 valence electrons. The van der Waals surface area contributed by atoms with Crippen LogP contribution in [0.15, 0.2) is 0 Å². The molecule has 2 unspecified atom stereocenters. The summed E-state index contributed by atoms with van der Waals surface area (Å²) in [6, 6.07) is 0.874. The van der Waals surface area contributed by atoms with Gasteiger partial charge in [-0.25, -0.2) is 0 Å². The third kappa shape index (κ3) is 6.30. The Bertz CT molecular complexity index is 202. The molecule has 0 radical (unpaired) electrons. The van der Waals surface area contributed by atoms with Gasteiger partial charge in [0.15, 0.2) is 0 Å². The first-order valence-corrected chi connectivity index (χ1v) is 5.74. The van der Waals surface area contributed by atoms with Crippen LogP contribution in [0.5, 0.6) is 0 Å². The zero-order valence-corrected chi connectivity index (χ0v) is 10.9. The molecular weight excluding hydrogens is 228 g/mol. The van der Waals surface area contributed by atoms with Gasteiger partial charge < -0.3 is 15.4 Å². The first kappa shape index (κ1) is 15.7. The molecular formula is C11H23ClN2O2. The minimum atomic E-state index is 0. The number of amides is 1. The summed E-state index contributed by atoms with van der Waals surface area (Å²) in [7, 11) is 1.66. The van der Waals surface area contributed by atoms with Crippen LogP contribution in [0.4, 0.5) is 0 Å². The van der Waals surface area contributed by atoms with Gasteiger partial charge in [0.25, 0.3) is 0 Å². The quantitative estimate of drug-likeness (QED) is 0.719. The van der Waals surface area contributed by atoms with Gasteiger partial charge in [-0.3, -0.25) is 4.79 Å². The van der Waals surface area contributed by atoms with Gasteiger partial charge in [0, 0.05) is 32.2 Å². The third-order valence-corrected chi connectivity index (χ3v) is 2.74. The molecule has 1 rings (SSSR count). The highest BCUT2D eigenvalue weighted by Crippen LogP contribution is 2.08. The summed E-state index contributed by atoms with van der Waals surface area (Å²) in [5.41, 5.74) is 0. The van der Waals surface area contributed by atoms with Gasteiger partial charge in [-0.05, 0) is 32.7 Å². The molecule has 0 aromatic rings. The van der Waals surface area contributed by atoms with E-state index in [1.807, 2.05) is 0 Å². The maximum Gasteiger partial charge on any atom is 0.220 e. The standard InChI is InChI=1S/C11H22N2O2.ClH/c1-9-8-10(5-6-12-9)13-11(14)4-3-7-15-2;/h9-10,12H,3-8H2,1-2H3,(H,13,14);1H. The number of nitrogens with one attached hydrogen (secondary N) is 2. The number of ether oxygens (including phenoxy) is 1. The molecule has 1 aliphatic rings. The number of carbonyl (C=O) groups is 1. The summed E-state index contributed by atoms with van der Waals surface area (Å²) in [4.78, 5) is 11.5. The van der Waals surface area contributed by atoms with Crippen molar-refractivity contribution in [1.82, 2.24) is 10.6 Å². The molecule has 0 aromatic carbocycles. The lowest BCUT2D eigenvalue weighted by Crippen LogP contribution is -2.46. The van der Waals surface area contributed by atoms with E-state index in [0.717, 1.165) is 25.8 Å². The summed E-state index contributed by atoms with van der Waals surface area (Å²) >= 11 is 0. The fraction of sp³-hybridized carbons (Fsp3) is 0.909. The number of hydrogen-bond donors (Lipinski definition) is 2. The summed E-state index contributed by atoms with van der Waals surface area (Å²) < 4.78 is 4.91. The highest BCUT2D eigenvalue weighted by atomic mass is 35.5. The largest absolute Gasteiger partial charge is 0.385 e. The van der Waals surface area contributed by atoms with Gasteiger partial charge in [-0.15, -0.1) is 12.4 Å². The van der Waals surface area contributed by atoms with Crippen molar-refractivity contribution in [3.05, 3.63) is 0 Å². The molecule has 1 heterocycles. The minimum Gasteiger partial charge on any atom is -0.385 e. The second-order valence-corrected chi connectivity index (χ2v) is 4.24. The Balaban J connectivity index is 0.00000225. The molecule has 1 amide bonds. The molecule has 1 saturated heterocycles. The Labute approximate surface area is 104 Å². The van der Waals surface area contributed by atoms with E-state index in [0.29, 0.717) is 25.1 Å².